The zero-order chi connectivity index (χ0) is 22.2. The second-order valence-corrected chi connectivity index (χ2v) is 9.30. The molecule has 1 aromatic heterocycles. The molecular weight excluding hydrogens is 426 g/mol. The summed E-state index contributed by atoms with van der Waals surface area (Å²) in [4.78, 5) is 26.8. The van der Waals surface area contributed by atoms with Gasteiger partial charge in [-0.3, -0.25) is 9.59 Å². The molecule has 2 heterocycles. The van der Waals surface area contributed by atoms with Gasteiger partial charge in [0.2, 0.25) is 5.91 Å². The smallest absolute Gasteiger partial charge is 0.250 e. The molecule has 8 heteroatoms. The molecule has 1 aromatic carbocycles. The van der Waals surface area contributed by atoms with E-state index in [4.69, 9.17) is 11.6 Å². The van der Waals surface area contributed by atoms with Gasteiger partial charge in [-0.15, -0.1) is 0 Å². The zero-order valence-corrected chi connectivity index (χ0v) is 18.1. The van der Waals surface area contributed by atoms with E-state index in [0.717, 1.165) is 18.5 Å². The average molecular weight is 453 g/mol. The van der Waals surface area contributed by atoms with E-state index in [9.17, 15) is 23.5 Å². The largest absolute Gasteiger partial charge is 0.390 e. The third-order valence-corrected chi connectivity index (χ3v) is 6.84. The van der Waals surface area contributed by atoms with Gasteiger partial charge < -0.3 is 14.6 Å². The molecule has 2 aromatic rings. The Bertz CT molecular complexity index is 1010. The molecule has 5 nitrogen and oxygen atoms in total. The van der Waals surface area contributed by atoms with Crippen LogP contribution in [0.4, 0.5) is 8.78 Å². The molecule has 2 fully saturated rings. The van der Waals surface area contributed by atoms with Gasteiger partial charge in [0.05, 0.1) is 16.1 Å². The van der Waals surface area contributed by atoms with Crippen molar-refractivity contribution < 1.29 is 23.5 Å². The molecule has 1 saturated carbocycles. The minimum atomic E-state index is -2.89. The molecule has 4 rings (SSSR count). The van der Waals surface area contributed by atoms with Gasteiger partial charge in [0.1, 0.15) is 0 Å². The van der Waals surface area contributed by atoms with Gasteiger partial charge in [0, 0.05) is 62.5 Å². The predicted octanol–water partition coefficient (Wildman–Crippen LogP) is 4.82. The van der Waals surface area contributed by atoms with Gasteiger partial charge in [-0.25, -0.2) is 8.78 Å². The fourth-order valence-electron chi connectivity index (χ4n) is 4.90. The summed E-state index contributed by atoms with van der Waals surface area (Å²) in [5, 5.41) is 11.7. The van der Waals surface area contributed by atoms with E-state index < -0.39 is 17.9 Å². The fraction of sp³-hybridized carbons (Fsp3) is 0.565. The maximum atomic E-state index is 13.8. The first-order valence-corrected chi connectivity index (χ1v) is 11.2. The average Bonchev–Trinajstić information content (AvgIpc) is 3.28. The second kappa shape index (κ2) is 8.51. The normalized spacial score (nSPS) is 23.6. The summed E-state index contributed by atoms with van der Waals surface area (Å²) in [5.41, 5.74) is -0.291. The summed E-state index contributed by atoms with van der Waals surface area (Å²) in [6.07, 6.45) is 2.86. The summed E-state index contributed by atoms with van der Waals surface area (Å²) in [6, 6.07) is 5.40. The molecule has 1 aliphatic heterocycles. The number of aromatic nitrogens is 1. The predicted molar refractivity (Wildman–Crippen MR) is 115 cm³/mol. The molecule has 0 spiro atoms. The van der Waals surface area contributed by atoms with Crippen LogP contribution in [0.25, 0.3) is 10.9 Å². The van der Waals surface area contributed by atoms with Crippen LogP contribution in [0, 0.1) is 0 Å². The van der Waals surface area contributed by atoms with E-state index in [1.807, 2.05) is 21.6 Å². The first-order valence-electron chi connectivity index (χ1n) is 10.9. The van der Waals surface area contributed by atoms with Crippen molar-refractivity contribution in [2.45, 2.75) is 69.4 Å². The Labute approximate surface area is 185 Å². The molecule has 1 aliphatic carbocycles. The van der Waals surface area contributed by atoms with Crippen LogP contribution in [0.2, 0.25) is 5.02 Å². The molecule has 1 atom stereocenters. The van der Waals surface area contributed by atoms with Crippen molar-refractivity contribution in [2.75, 3.05) is 13.1 Å². The molecule has 31 heavy (non-hydrogen) atoms. The zero-order valence-electron chi connectivity index (χ0n) is 17.4. The number of likely N-dealkylation sites (tertiary alicyclic amines) is 1. The summed E-state index contributed by atoms with van der Waals surface area (Å²) < 4.78 is 29.4. The number of benzene rings is 1. The van der Waals surface area contributed by atoms with Gasteiger partial charge in [-0.05, 0) is 37.8 Å². The van der Waals surface area contributed by atoms with Crippen LogP contribution in [0.1, 0.15) is 61.7 Å². The van der Waals surface area contributed by atoms with Crippen LogP contribution in [0.15, 0.2) is 24.4 Å². The van der Waals surface area contributed by atoms with Crippen molar-refractivity contribution in [1.29, 1.82) is 0 Å². The number of hydrogen-bond donors (Lipinski definition) is 1. The highest BCUT2D eigenvalue weighted by molar-refractivity contribution is 6.37. The van der Waals surface area contributed by atoms with Crippen LogP contribution in [-0.4, -0.2) is 50.9 Å². The molecular formula is C23H27ClF2N2O3. The number of nitrogens with zero attached hydrogens (tertiary/aromatic N) is 2. The maximum absolute atomic E-state index is 13.8. The van der Waals surface area contributed by atoms with Crippen molar-refractivity contribution in [1.82, 2.24) is 9.47 Å². The lowest BCUT2D eigenvalue weighted by Crippen LogP contribution is -2.41. The number of rotatable bonds is 7. The van der Waals surface area contributed by atoms with E-state index in [1.54, 1.807) is 12.3 Å². The highest BCUT2D eigenvalue weighted by atomic mass is 35.5. The molecule has 1 amide bonds. The summed E-state index contributed by atoms with van der Waals surface area (Å²) in [7, 11) is 0. The monoisotopic (exact) mass is 452 g/mol. The molecule has 168 valence electrons. The van der Waals surface area contributed by atoms with Gasteiger partial charge in [-0.2, -0.15) is 0 Å². The fourth-order valence-corrected chi connectivity index (χ4v) is 5.17. The topological polar surface area (TPSA) is 62.5 Å². The highest BCUT2D eigenvalue weighted by Crippen LogP contribution is 2.41. The van der Waals surface area contributed by atoms with E-state index in [2.05, 4.69) is 0 Å². The van der Waals surface area contributed by atoms with E-state index in [1.165, 1.54) is 0 Å². The van der Waals surface area contributed by atoms with E-state index in [-0.39, 0.29) is 43.8 Å². The standard InChI is InChI=1S/C23H27ClF2N2O3/c24-17-4-1-5-18-21(17)16(14-28(18)13-12-27-11-2-6-20(27)30)19(29)7-10-22(31)8-3-9-23(25,26)15-22/h1,4-5,14,31H,2-3,6-13,15H2. The van der Waals surface area contributed by atoms with Crippen molar-refractivity contribution >= 4 is 34.2 Å². The Hall–Kier alpha value is -1.99. The SMILES string of the molecule is O=C(CCC1(O)CCCC(F)(F)C1)c1cn(CCN2CCCC2=O)c2cccc(Cl)c12. The van der Waals surface area contributed by atoms with Gasteiger partial charge in [-0.1, -0.05) is 17.7 Å². The van der Waals surface area contributed by atoms with Crippen LogP contribution in [-0.2, 0) is 11.3 Å². The highest BCUT2D eigenvalue weighted by Gasteiger charge is 2.44. The third kappa shape index (κ3) is 4.77. The number of ketones is 1. The minimum absolute atomic E-state index is 0.000822. The van der Waals surface area contributed by atoms with Crippen molar-refractivity contribution in [2.24, 2.45) is 0 Å². The molecule has 1 unspecified atom stereocenters. The molecule has 0 bridgehead atoms. The van der Waals surface area contributed by atoms with Crippen LogP contribution in [0.3, 0.4) is 0 Å². The maximum Gasteiger partial charge on any atom is 0.250 e. The lowest BCUT2D eigenvalue weighted by Gasteiger charge is -2.36. The van der Waals surface area contributed by atoms with E-state index in [0.29, 0.717) is 35.5 Å². The number of carbonyl (C=O) groups is 2. The Morgan fingerprint density at radius 2 is 2.00 bits per heavy atom. The Morgan fingerprint density at radius 1 is 1.19 bits per heavy atom. The lowest BCUT2D eigenvalue weighted by atomic mass is 9.79. The van der Waals surface area contributed by atoms with Crippen LogP contribution in [0.5, 0.6) is 0 Å². The Balaban J connectivity index is 1.52. The van der Waals surface area contributed by atoms with Crippen molar-refractivity contribution in [3.63, 3.8) is 0 Å². The summed E-state index contributed by atoms with van der Waals surface area (Å²) in [6.45, 7) is 1.83. The number of hydrogen-bond acceptors (Lipinski definition) is 3. The minimum Gasteiger partial charge on any atom is -0.390 e. The Morgan fingerprint density at radius 3 is 2.71 bits per heavy atom. The summed E-state index contributed by atoms with van der Waals surface area (Å²) >= 11 is 6.41. The van der Waals surface area contributed by atoms with Crippen molar-refractivity contribution in [3.05, 3.63) is 35.0 Å². The Kier molecular flexibility index (Phi) is 6.10. The number of alkyl halides is 2. The number of fused-ring (bicyclic) bond motifs is 1. The number of aliphatic hydroxyl groups is 1. The number of carbonyl (C=O) groups excluding carboxylic acids is 2. The quantitative estimate of drug-likeness (QED) is 0.612. The van der Waals surface area contributed by atoms with Gasteiger partial charge in [0.15, 0.2) is 5.78 Å². The van der Waals surface area contributed by atoms with Crippen LogP contribution >= 0.6 is 11.6 Å². The first kappa shape index (κ1) is 22.2. The summed E-state index contributed by atoms with van der Waals surface area (Å²) in [5.74, 6) is -2.97. The van der Waals surface area contributed by atoms with Gasteiger partial charge >= 0.3 is 0 Å². The van der Waals surface area contributed by atoms with Crippen LogP contribution < -0.4 is 0 Å². The first-order chi connectivity index (χ1) is 14.7. The lowest BCUT2D eigenvalue weighted by molar-refractivity contribution is -0.128. The molecule has 0 radical (unpaired) electrons. The van der Waals surface area contributed by atoms with Crippen molar-refractivity contribution in [3.8, 4) is 0 Å². The molecule has 2 aliphatic rings. The van der Waals surface area contributed by atoms with Gasteiger partial charge in [0.25, 0.3) is 5.92 Å². The van der Waals surface area contributed by atoms with E-state index >= 15 is 0 Å². The number of amides is 1. The molecule has 1 N–H and O–H groups in total. The number of halogens is 3. The third-order valence-electron chi connectivity index (χ3n) is 6.53. The molecule has 1 saturated heterocycles. The number of Topliss-reactive ketones (excluding diaryl/α,β-unsaturated/α-hetero) is 1. The second-order valence-electron chi connectivity index (χ2n) is 8.89.